The lowest BCUT2D eigenvalue weighted by molar-refractivity contribution is -0.145. The second-order valence-electron chi connectivity index (χ2n) is 4.10. The van der Waals surface area contributed by atoms with Gasteiger partial charge in [0.25, 0.3) is 0 Å². The Labute approximate surface area is 108 Å². The third kappa shape index (κ3) is 3.15. The predicted octanol–water partition coefficient (Wildman–Crippen LogP) is 1.99. The van der Waals surface area contributed by atoms with Crippen LogP contribution in [0.2, 0.25) is 0 Å². The summed E-state index contributed by atoms with van der Waals surface area (Å²) in [6.45, 7) is 0. The third-order valence-corrected chi connectivity index (χ3v) is 3.33. The summed E-state index contributed by atoms with van der Waals surface area (Å²) in [5, 5.41) is 3.23. The van der Waals surface area contributed by atoms with E-state index in [1.165, 1.54) is 7.11 Å². The fourth-order valence-corrected chi connectivity index (χ4v) is 2.27. The molecule has 1 aliphatic carbocycles. The van der Waals surface area contributed by atoms with E-state index in [-0.39, 0.29) is 17.9 Å². The van der Waals surface area contributed by atoms with E-state index in [2.05, 4.69) is 31.2 Å². The molecule has 6 heteroatoms. The molecule has 0 unspecified atom stereocenters. The van der Waals surface area contributed by atoms with Gasteiger partial charge < -0.3 is 10.1 Å². The summed E-state index contributed by atoms with van der Waals surface area (Å²) in [5.41, 5.74) is 0. The van der Waals surface area contributed by atoms with Crippen molar-refractivity contribution in [2.75, 3.05) is 12.4 Å². The van der Waals surface area contributed by atoms with Gasteiger partial charge in [-0.05, 0) is 35.2 Å². The van der Waals surface area contributed by atoms with Crippen LogP contribution in [0.4, 0.5) is 5.95 Å². The number of halogens is 1. The largest absolute Gasteiger partial charge is 0.469 e. The number of aromatic nitrogens is 2. The van der Waals surface area contributed by atoms with E-state index in [9.17, 15) is 4.79 Å². The highest BCUT2D eigenvalue weighted by Crippen LogP contribution is 2.28. The van der Waals surface area contributed by atoms with E-state index in [4.69, 9.17) is 4.74 Å². The van der Waals surface area contributed by atoms with Crippen molar-refractivity contribution in [2.24, 2.45) is 5.92 Å². The molecule has 1 aliphatic rings. The van der Waals surface area contributed by atoms with Gasteiger partial charge in [0.05, 0.1) is 17.5 Å². The molecule has 1 heterocycles. The molecule has 0 aromatic carbocycles. The molecule has 1 aromatic heterocycles. The number of carbonyl (C=O) groups excluding carboxylic acids is 1. The minimum atomic E-state index is -0.119. The van der Waals surface area contributed by atoms with Gasteiger partial charge in [0.1, 0.15) is 0 Å². The number of anilines is 1. The third-order valence-electron chi connectivity index (χ3n) is 2.92. The van der Waals surface area contributed by atoms with Gasteiger partial charge in [-0.1, -0.05) is 0 Å². The van der Waals surface area contributed by atoms with Gasteiger partial charge in [0.15, 0.2) is 0 Å². The molecule has 0 bridgehead atoms. The van der Waals surface area contributed by atoms with Crippen molar-refractivity contribution >= 4 is 27.8 Å². The maximum atomic E-state index is 11.4. The zero-order valence-electron chi connectivity index (χ0n) is 9.52. The fraction of sp³-hybridized carbons (Fsp3) is 0.545. The van der Waals surface area contributed by atoms with Gasteiger partial charge in [-0.3, -0.25) is 4.79 Å². The molecule has 0 spiro atoms. The minimum absolute atomic E-state index is 0.00736. The fourth-order valence-electron chi connectivity index (χ4n) is 2.06. The van der Waals surface area contributed by atoms with E-state index in [0.29, 0.717) is 5.95 Å². The summed E-state index contributed by atoms with van der Waals surface area (Å²) < 4.78 is 5.59. The van der Waals surface area contributed by atoms with Gasteiger partial charge in [-0.15, -0.1) is 0 Å². The second-order valence-corrected chi connectivity index (χ2v) is 5.01. The minimum Gasteiger partial charge on any atom is -0.469 e. The SMILES string of the molecule is COC(=O)[C@H]1CC[C@@H](Nc2ncc(Br)cn2)C1. The highest BCUT2D eigenvalue weighted by molar-refractivity contribution is 9.10. The highest BCUT2D eigenvalue weighted by Gasteiger charge is 2.30. The Balaban J connectivity index is 1.89. The smallest absolute Gasteiger partial charge is 0.308 e. The van der Waals surface area contributed by atoms with Crippen molar-refractivity contribution in [1.82, 2.24) is 9.97 Å². The van der Waals surface area contributed by atoms with Crippen molar-refractivity contribution in [3.63, 3.8) is 0 Å². The standard InChI is InChI=1S/C11H14BrN3O2/c1-17-10(16)7-2-3-9(4-7)15-11-13-5-8(12)6-14-11/h5-7,9H,2-4H2,1H3,(H,13,14,15)/t7-,9+/m0/s1. The van der Waals surface area contributed by atoms with Crippen LogP contribution in [0, 0.1) is 5.92 Å². The van der Waals surface area contributed by atoms with Crippen molar-refractivity contribution in [2.45, 2.75) is 25.3 Å². The first-order valence-electron chi connectivity index (χ1n) is 5.51. The Kier molecular flexibility index (Phi) is 3.93. The molecule has 1 N–H and O–H groups in total. The molecule has 17 heavy (non-hydrogen) atoms. The van der Waals surface area contributed by atoms with Gasteiger partial charge in [0, 0.05) is 18.4 Å². The first kappa shape index (κ1) is 12.3. The number of hydrogen-bond donors (Lipinski definition) is 1. The first-order chi connectivity index (χ1) is 8.19. The van der Waals surface area contributed by atoms with Gasteiger partial charge in [-0.25, -0.2) is 9.97 Å². The number of nitrogens with zero attached hydrogens (tertiary/aromatic N) is 2. The molecule has 1 saturated carbocycles. The molecular weight excluding hydrogens is 286 g/mol. The molecule has 2 rings (SSSR count). The number of methoxy groups -OCH3 is 1. The topological polar surface area (TPSA) is 64.1 Å². The van der Waals surface area contributed by atoms with E-state index in [1.54, 1.807) is 12.4 Å². The maximum Gasteiger partial charge on any atom is 0.308 e. The zero-order chi connectivity index (χ0) is 12.3. The molecular formula is C11H14BrN3O2. The molecule has 0 aliphatic heterocycles. The Morgan fingerprint density at radius 3 is 2.82 bits per heavy atom. The molecule has 1 aromatic rings. The Morgan fingerprint density at radius 1 is 1.47 bits per heavy atom. The molecule has 2 atom stereocenters. The summed E-state index contributed by atoms with van der Waals surface area (Å²) in [6.07, 6.45) is 5.98. The number of hydrogen-bond acceptors (Lipinski definition) is 5. The Morgan fingerprint density at radius 2 is 2.18 bits per heavy atom. The zero-order valence-corrected chi connectivity index (χ0v) is 11.1. The second kappa shape index (κ2) is 5.44. The lowest BCUT2D eigenvalue weighted by Gasteiger charge is -2.12. The van der Waals surface area contributed by atoms with Crippen LogP contribution in [0.1, 0.15) is 19.3 Å². The summed E-state index contributed by atoms with van der Waals surface area (Å²) in [7, 11) is 1.43. The molecule has 5 nitrogen and oxygen atoms in total. The Hall–Kier alpha value is -1.17. The summed E-state index contributed by atoms with van der Waals surface area (Å²) in [5.74, 6) is 0.489. The van der Waals surface area contributed by atoms with E-state index >= 15 is 0 Å². The Bertz CT molecular complexity index is 396. The monoisotopic (exact) mass is 299 g/mol. The maximum absolute atomic E-state index is 11.4. The molecule has 92 valence electrons. The predicted molar refractivity (Wildman–Crippen MR) is 66.5 cm³/mol. The van der Waals surface area contributed by atoms with Gasteiger partial charge in [-0.2, -0.15) is 0 Å². The van der Waals surface area contributed by atoms with Crippen LogP contribution in [0.5, 0.6) is 0 Å². The number of rotatable bonds is 3. The van der Waals surface area contributed by atoms with Gasteiger partial charge in [0.2, 0.25) is 5.95 Å². The molecule has 0 amide bonds. The number of ether oxygens (including phenoxy) is 1. The number of esters is 1. The van der Waals surface area contributed by atoms with Crippen molar-refractivity contribution in [1.29, 1.82) is 0 Å². The van der Waals surface area contributed by atoms with Crippen LogP contribution in [0.3, 0.4) is 0 Å². The van der Waals surface area contributed by atoms with Gasteiger partial charge >= 0.3 is 5.97 Å². The average Bonchev–Trinajstić information content (AvgIpc) is 2.80. The molecule has 0 radical (unpaired) electrons. The van der Waals surface area contributed by atoms with Crippen LogP contribution >= 0.6 is 15.9 Å². The highest BCUT2D eigenvalue weighted by atomic mass is 79.9. The first-order valence-corrected chi connectivity index (χ1v) is 6.30. The summed E-state index contributed by atoms with van der Waals surface area (Å²) >= 11 is 3.28. The van der Waals surface area contributed by atoms with Crippen molar-refractivity contribution in [3.8, 4) is 0 Å². The van der Waals surface area contributed by atoms with Crippen LogP contribution in [0.25, 0.3) is 0 Å². The molecule has 0 saturated heterocycles. The van der Waals surface area contributed by atoms with Crippen LogP contribution < -0.4 is 5.32 Å². The molecule has 1 fully saturated rings. The average molecular weight is 300 g/mol. The normalized spacial score (nSPS) is 23.4. The number of nitrogens with one attached hydrogen (secondary N) is 1. The summed E-state index contributed by atoms with van der Waals surface area (Å²) in [4.78, 5) is 19.7. The lowest BCUT2D eigenvalue weighted by atomic mass is 10.1. The van der Waals surface area contributed by atoms with Crippen molar-refractivity contribution < 1.29 is 9.53 Å². The van der Waals surface area contributed by atoms with Crippen LogP contribution in [-0.4, -0.2) is 29.1 Å². The van der Waals surface area contributed by atoms with Crippen LogP contribution in [0.15, 0.2) is 16.9 Å². The number of carbonyl (C=O) groups is 1. The van der Waals surface area contributed by atoms with E-state index < -0.39 is 0 Å². The summed E-state index contributed by atoms with van der Waals surface area (Å²) in [6, 6.07) is 0.250. The van der Waals surface area contributed by atoms with Crippen molar-refractivity contribution in [3.05, 3.63) is 16.9 Å². The lowest BCUT2D eigenvalue weighted by Crippen LogP contribution is -2.19. The van der Waals surface area contributed by atoms with Crippen LogP contribution in [-0.2, 0) is 9.53 Å². The van der Waals surface area contributed by atoms with E-state index in [1.807, 2.05) is 0 Å². The quantitative estimate of drug-likeness (QED) is 0.865. The van der Waals surface area contributed by atoms with E-state index in [0.717, 1.165) is 23.7 Å².